The van der Waals surface area contributed by atoms with Crippen LogP contribution in [0, 0.1) is 11.3 Å². The van der Waals surface area contributed by atoms with Gasteiger partial charge in [0.05, 0.1) is 19.5 Å². The highest BCUT2D eigenvalue weighted by atomic mass is 16.5. The number of furan rings is 1. The summed E-state index contributed by atoms with van der Waals surface area (Å²) in [5, 5.41) is 7.24. The van der Waals surface area contributed by atoms with E-state index in [4.69, 9.17) is 18.9 Å². The molecule has 1 aliphatic carbocycles. The first-order valence-electron chi connectivity index (χ1n) is 10.9. The van der Waals surface area contributed by atoms with Gasteiger partial charge in [-0.3, -0.25) is 4.99 Å². The van der Waals surface area contributed by atoms with Crippen molar-refractivity contribution < 1.29 is 13.9 Å². The van der Waals surface area contributed by atoms with Gasteiger partial charge in [0.2, 0.25) is 0 Å². The molecule has 6 nitrogen and oxygen atoms in total. The molecule has 0 spiro atoms. The number of ether oxygens (including phenoxy) is 2. The highest BCUT2D eigenvalue weighted by Crippen LogP contribution is 2.52. The summed E-state index contributed by atoms with van der Waals surface area (Å²) < 4.78 is 16.6. The number of aliphatic imine (C=N–C) groups is 1. The van der Waals surface area contributed by atoms with Gasteiger partial charge in [0.15, 0.2) is 5.96 Å². The van der Waals surface area contributed by atoms with E-state index in [1.165, 1.54) is 5.56 Å². The average Bonchev–Trinajstić information content (AvgIpc) is 3.43. The number of methoxy groups -OCH3 is 1. The summed E-state index contributed by atoms with van der Waals surface area (Å²) in [6.45, 7) is 6.94. The summed E-state index contributed by atoms with van der Waals surface area (Å²) >= 11 is 0. The zero-order valence-corrected chi connectivity index (χ0v) is 18.2. The lowest BCUT2D eigenvalue weighted by atomic mass is 9.57. The Morgan fingerprint density at radius 3 is 2.77 bits per heavy atom. The van der Waals surface area contributed by atoms with Crippen LogP contribution in [0.4, 0.5) is 0 Å². The van der Waals surface area contributed by atoms with Crippen LogP contribution in [-0.2, 0) is 17.6 Å². The molecule has 4 rings (SSSR count). The van der Waals surface area contributed by atoms with Gasteiger partial charge < -0.3 is 24.5 Å². The minimum absolute atomic E-state index is 0.112. The van der Waals surface area contributed by atoms with Crippen LogP contribution in [-0.4, -0.2) is 44.9 Å². The van der Waals surface area contributed by atoms with Crippen LogP contribution in [0.3, 0.4) is 0 Å². The average molecular weight is 412 g/mol. The van der Waals surface area contributed by atoms with E-state index in [9.17, 15) is 0 Å². The predicted molar refractivity (Wildman–Crippen MR) is 118 cm³/mol. The summed E-state index contributed by atoms with van der Waals surface area (Å²) in [5.74, 6) is 3.29. The molecule has 2 aliphatic rings. The first kappa shape index (κ1) is 20.8. The van der Waals surface area contributed by atoms with Crippen LogP contribution in [0.15, 0.2) is 52.1 Å². The number of nitrogens with zero attached hydrogens (tertiary/aromatic N) is 1. The minimum atomic E-state index is 0.112. The van der Waals surface area contributed by atoms with Crippen molar-refractivity contribution in [2.75, 3.05) is 26.8 Å². The number of guanidine groups is 1. The van der Waals surface area contributed by atoms with Crippen molar-refractivity contribution in [1.82, 2.24) is 10.6 Å². The number of benzene rings is 1. The van der Waals surface area contributed by atoms with Crippen LogP contribution in [0.2, 0.25) is 0 Å². The largest absolute Gasteiger partial charge is 0.497 e. The zero-order chi connectivity index (χ0) is 21.0. The van der Waals surface area contributed by atoms with Crippen LogP contribution < -0.4 is 15.4 Å². The van der Waals surface area contributed by atoms with Crippen molar-refractivity contribution in [2.24, 2.45) is 16.3 Å². The smallest absolute Gasteiger partial charge is 0.191 e. The van der Waals surface area contributed by atoms with E-state index >= 15 is 0 Å². The van der Waals surface area contributed by atoms with Gasteiger partial charge in [0, 0.05) is 43.5 Å². The molecule has 1 saturated heterocycles. The van der Waals surface area contributed by atoms with E-state index in [-0.39, 0.29) is 5.41 Å². The summed E-state index contributed by atoms with van der Waals surface area (Å²) in [6.07, 6.45) is 4.91. The van der Waals surface area contributed by atoms with Gasteiger partial charge >= 0.3 is 0 Å². The molecule has 3 unspecified atom stereocenters. The lowest BCUT2D eigenvalue weighted by Gasteiger charge is -2.54. The van der Waals surface area contributed by atoms with E-state index in [1.54, 1.807) is 13.4 Å². The maximum Gasteiger partial charge on any atom is 0.191 e. The van der Waals surface area contributed by atoms with Gasteiger partial charge in [0.25, 0.3) is 0 Å². The van der Waals surface area contributed by atoms with Crippen molar-refractivity contribution in [3.8, 4) is 5.75 Å². The van der Waals surface area contributed by atoms with Crippen molar-refractivity contribution >= 4 is 5.96 Å². The summed E-state index contributed by atoms with van der Waals surface area (Å²) in [7, 11) is 1.69. The maximum absolute atomic E-state index is 5.94. The molecule has 0 radical (unpaired) electrons. The molecular formula is C24H33N3O3. The fraction of sp³-hybridized carbons (Fsp3) is 0.542. The van der Waals surface area contributed by atoms with Crippen LogP contribution >= 0.6 is 0 Å². The lowest BCUT2D eigenvalue weighted by molar-refractivity contribution is -0.106. The summed E-state index contributed by atoms with van der Waals surface area (Å²) in [5.41, 5.74) is 1.38. The quantitative estimate of drug-likeness (QED) is 0.515. The standard InChI is InChI=1S/C24H33N3O3/c1-24(2)21(20-12-16-30-22(20)24)27-23(26-14-11-19-5-4-15-29-19)25-13-10-17-6-8-18(28-3)9-7-17/h4-9,15,20-22H,10-14,16H2,1-3H3,(H2,25,26,27). The summed E-state index contributed by atoms with van der Waals surface area (Å²) in [6, 6.07) is 12.5. The Balaban J connectivity index is 1.36. The lowest BCUT2D eigenvalue weighted by Crippen LogP contribution is -2.68. The first-order valence-corrected chi connectivity index (χ1v) is 10.9. The van der Waals surface area contributed by atoms with Gasteiger partial charge in [-0.05, 0) is 42.7 Å². The van der Waals surface area contributed by atoms with Crippen LogP contribution in [0.5, 0.6) is 5.75 Å². The third kappa shape index (κ3) is 4.48. The molecule has 30 heavy (non-hydrogen) atoms. The van der Waals surface area contributed by atoms with Crippen molar-refractivity contribution in [3.05, 3.63) is 54.0 Å². The van der Waals surface area contributed by atoms with Gasteiger partial charge in [-0.1, -0.05) is 26.0 Å². The number of hydrogen-bond donors (Lipinski definition) is 2. The topological polar surface area (TPSA) is 68.0 Å². The van der Waals surface area contributed by atoms with Gasteiger partial charge in [0.1, 0.15) is 11.5 Å². The molecule has 2 aromatic rings. The second-order valence-corrected chi connectivity index (χ2v) is 8.77. The van der Waals surface area contributed by atoms with Crippen molar-refractivity contribution in [2.45, 2.75) is 45.3 Å². The molecule has 1 aromatic carbocycles. The fourth-order valence-corrected chi connectivity index (χ4v) is 4.77. The second kappa shape index (κ2) is 9.13. The number of rotatable bonds is 8. The molecule has 2 N–H and O–H groups in total. The molecule has 1 aromatic heterocycles. The number of hydrogen-bond acceptors (Lipinski definition) is 4. The van der Waals surface area contributed by atoms with E-state index in [0.29, 0.717) is 24.6 Å². The van der Waals surface area contributed by atoms with Crippen molar-refractivity contribution in [1.29, 1.82) is 0 Å². The zero-order valence-electron chi connectivity index (χ0n) is 18.2. The number of fused-ring (bicyclic) bond motifs is 1. The highest BCUT2D eigenvalue weighted by molar-refractivity contribution is 5.80. The molecule has 1 saturated carbocycles. The highest BCUT2D eigenvalue weighted by Gasteiger charge is 2.59. The van der Waals surface area contributed by atoms with Gasteiger partial charge in [-0.25, -0.2) is 0 Å². The fourth-order valence-electron chi connectivity index (χ4n) is 4.77. The van der Waals surface area contributed by atoms with Gasteiger partial charge in [-0.15, -0.1) is 0 Å². The van der Waals surface area contributed by atoms with E-state index in [2.05, 4.69) is 36.6 Å². The molecule has 0 bridgehead atoms. The molecule has 3 atom stereocenters. The first-order chi connectivity index (χ1) is 14.6. The SMILES string of the molecule is COc1ccc(CCNC(=NCCc2ccco2)NC2C3CCOC3C2(C)C)cc1. The van der Waals surface area contributed by atoms with Crippen LogP contribution in [0.25, 0.3) is 0 Å². The Bertz CT molecular complexity index is 830. The molecule has 2 fully saturated rings. The van der Waals surface area contributed by atoms with Crippen LogP contribution in [0.1, 0.15) is 31.6 Å². The van der Waals surface area contributed by atoms with Crippen molar-refractivity contribution in [3.63, 3.8) is 0 Å². The third-order valence-electron chi connectivity index (χ3n) is 6.47. The Morgan fingerprint density at radius 1 is 1.20 bits per heavy atom. The Labute approximate surface area is 179 Å². The van der Waals surface area contributed by atoms with Gasteiger partial charge in [-0.2, -0.15) is 0 Å². The predicted octanol–water partition coefficient (Wildman–Crippen LogP) is 3.42. The minimum Gasteiger partial charge on any atom is -0.497 e. The number of nitrogens with one attached hydrogen (secondary N) is 2. The Morgan fingerprint density at radius 2 is 2.03 bits per heavy atom. The molecule has 0 amide bonds. The monoisotopic (exact) mass is 411 g/mol. The molecule has 6 heteroatoms. The normalized spacial score (nSPS) is 24.8. The van der Waals surface area contributed by atoms with E-state index < -0.39 is 0 Å². The van der Waals surface area contributed by atoms with E-state index in [1.807, 2.05) is 24.3 Å². The second-order valence-electron chi connectivity index (χ2n) is 8.77. The third-order valence-corrected chi connectivity index (χ3v) is 6.47. The van der Waals surface area contributed by atoms with E-state index in [0.717, 1.165) is 49.9 Å². The molecular weight excluding hydrogens is 378 g/mol. The Kier molecular flexibility index (Phi) is 6.32. The molecule has 162 valence electrons. The maximum atomic E-state index is 5.94. The molecule has 1 aliphatic heterocycles. The Hall–Kier alpha value is -2.47. The summed E-state index contributed by atoms with van der Waals surface area (Å²) in [4.78, 5) is 4.83. The molecule has 2 heterocycles.